The molecule has 28 heavy (non-hydrogen) atoms. The molecule has 0 heterocycles. The number of carbonyl (C=O) groups is 1. The number of hydrogen-bond acceptors (Lipinski definition) is 3. The second-order valence-electron chi connectivity index (χ2n) is 6.02. The average Bonchev–Trinajstić information content (AvgIpc) is 2.62. The lowest BCUT2D eigenvalue weighted by atomic mass is 10.2. The minimum Gasteiger partial charge on any atom is -0.322 e. The highest BCUT2D eigenvalue weighted by Crippen LogP contribution is 2.21. The Hall–Kier alpha value is -2.41. The normalized spacial score (nSPS) is 11.2. The Labute approximate surface area is 171 Å². The Morgan fingerprint density at radius 2 is 1.46 bits per heavy atom. The van der Waals surface area contributed by atoms with Gasteiger partial charge in [-0.25, -0.2) is 12.8 Å². The van der Waals surface area contributed by atoms with Gasteiger partial charge in [0.2, 0.25) is 0 Å². The van der Waals surface area contributed by atoms with Gasteiger partial charge in [-0.1, -0.05) is 35.3 Å². The van der Waals surface area contributed by atoms with Crippen LogP contribution in [0.15, 0.2) is 71.6 Å². The van der Waals surface area contributed by atoms with Gasteiger partial charge in [0.25, 0.3) is 5.91 Å². The number of anilines is 1. The van der Waals surface area contributed by atoms with Crippen LogP contribution in [0.5, 0.6) is 0 Å². The van der Waals surface area contributed by atoms with E-state index >= 15 is 0 Å². The first kappa shape index (κ1) is 20.3. The van der Waals surface area contributed by atoms with Crippen LogP contribution in [0, 0.1) is 5.82 Å². The maximum atomic E-state index is 13.0. The summed E-state index contributed by atoms with van der Waals surface area (Å²) < 4.78 is 37.8. The van der Waals surface area contributed by atoms with Gasteiger partial charge in [0.1, 0.15) is 5.82 Å². The van der Waals surface area contributed by atoms with Crippen LogP contribution in [0.4, 0.5) is 10.1 Å². The van der Waals surface area contributed by atoms with E-state index in [2.05, 4.69) is 5.32 Å². The molecule has 0 spiro atoms. The van der Waals surface area contributed by atoms with E-state index in [1.165, 1.54) is 30.3 Å². The Kier molecular flexibility index (Phi) is 6.03. The summed E-state index contributed by atoms with van der Waals surface area (Å²) in [4.78, 5) is 12.3. The van der Waals surface area contributed by atoms with Gasteiger partial charge in [0, 0.05) is 21.3 Å². The van der Waals surface area contributed by atoms with E-state index < -0.39 is 21.6 Å². The molecule has 0 radical (unpaired) electrons. The zero-order chi connectivity index (χ0) is 20.3. The summed E-state index contributed by atoms with van der Waals surface area (Å²) >= 11 is 11.8. The van der Waals surface area contributed by atoms with Crippen LogP contribution < -0.4 is 5.32 Å². The van der Waals surface area contributed by atoms with E-state index in [-0.39, 0.29) is 10.6 Å². The molecular formula is C20H14Cl2FNO3S. The maximum Gasteiger partial charge on any atom is 0.255 e. The summed E-state index contributed by atoms with van der Waals surface area (Å²) in [7, 11) is -3.60. The molecule has 0 unspecified atom stereocenters. The van der Waals surface area contributed by atoms with Crippen molar-refractivity contribution in [3.63, 3.8) is 0 Å². The first-order valence-electron chi connectivity index (χ1n) is 8.08. The van der Waals surface area contributed by atoms with Gasteiger partial charge in [-0.05, 0) is 60.2 Å². The third kappa shape index (κ3) is 5.10. The molecule has 0 fully saturated rings. The van der Waals surface area contributed by atoms with E-state index in [9.17, 15) is 17.6 Å². The molecule has 0 aliphatic rings. The summed E-state index contributed by atoms with van der Waals surface area (Å²) in [6.07, 6.45) is 0. The number of rotatable bonds is 5. The van der Waals surface area contributed by atoms with Crippen LogP contribution >= 0.6 is 23.2 Å². The lowest BCUT2D eigenvalue weighted by Gasteiger charge is -2.08. The van der Waals surface area contributed by atoms with Crippen molar-refractivity contribution in [3.05, 3.63) is 93.7 Å². The highest BCUT2D eigenvalue weighted by atomic mass is 35.5. The van der Waals surface area contributed by atoms with Gasteiger partial charge in [-0.3, -0.25) is 4.79 Å². The minimum atomic E-state index is -3.60. The zero-order valence-corrected chi connectivity index (χ0v) is 16.7. The molecule has 0 aliphatic carbocycles. The van der Waals surface area contributed by atoms with Crippen molar-refractivity contribution in [3.8, 4) is 0 Å². The van der Waals surface area contributed by atoms with Crippen molar-refractivity contribution in [1.82, 2.24) is 0 Å². The van der Waals surface area contributed by atoms with Crippen LogP contribution in [0.25, 0.3) is 0 Å². The molecule has 144 valence electrons. The number of amides is 1. The smallest absolute Gasteiger partial charge is 0.255 e. The number of benzene rings is 3. The monoisotopic (exact) mass is 437 g/mol. The number of carbonyl (C=O) groups excluding carboxylic acids is 1. The van der Waals surface area contributed by atoms with Gasteiger partial charge < -0.3 is 5.32 Å². The zero-order valence-electron chi connectivity index (χ0n) is 14.3. The lowest BCUT2D eigenvalue weighted by Crippen LogP contribution is -2.12. The van der Waals surface area contributed by atoms with Gasteiger partial charge in [0.15, 0.2) is 9.84 Å². The van der Waals surface area contributed by atoms with Crippen LogP contribution in [0.3, 0.4) is 0 Å². The number of sulfone groups is 1. The average molecular weight is 438 g/mol. The summed E-state index contributed by atoms with van der Waals surface area (Å²) in [5, 5.41) is 3.39. The molecule has 0 atom stereocenters. The van der Waals surface area contributed by atoms with E-state index in [1.807, 2.05) is 0 Å². The molecule has 3 aromatic rings. The molecule has 3 aromatic carbocycles. The third-order valence-electron chi connectivity index (χ3n) is 3.87. The van der Waals surface area contributed by atoms with E-state index in [1.54, 1.807) is 24.3 Å². The van der Waals surface area contributed by atoms with Gasteiger partial charge in [-0.15, -0.1) is 0 Å². The molecule has 0 saturated heterocycles. The fraction of sp³-hybridized carbons (Fsp3) is 0.0500. The largest absolute Gasteiger partial charge is 0.322 e. The fourth-order valence-electron chi connectivity index (χ4n) is 2.52. The molecule has 4 nitrogen and oxygen atoms in total. The fourth-order valence-corrected chi connectivity index (χ4v) is 4.39. The topological polar surface area (TPSA) is 63.2 Å². The molecule has 1 N–H and O–H groups in total. The first-order valence-corrected chi connectivity index (χ1v) is 10.5. The summed E-state index contributed by atoms with van der Waals surface area (Å²) in [5.41, 5.74) is 1.33. The molecular weight excluding hydrogens is 424 g/mol. The van der Waals surface area contributed by atoms with Crippen molar-refractivity contribution in [2.75, 3.05) is 5.32 Å². The van der Waals surface area contributed by atoms with Crippen LogP contribution in [-0.2, 0) is 15.6 Å². The number of halogens is 3. The summed E-state index contributed by atoms with van der Waals surface area (Å²) in [5.74, 6) is -1.13. The van der Waals surface area contributed by atoms with Gasteiger partial charge in [0.05, 0.1) is 10.6 Å². The summed E-state index contributed by atoms with van der Waals surface area (Å²) in [6.45, 7) is 0. The van der Waals surface area contributed by atoms with Crippen molar-refractivity contribution in [1.29, 1.82) is 0 Å². The first-order chi connectivity index (χ1) is 13.2. The summed E-state index contributed by atoms with van der Waals surface area (Å²) in [6, 6.07) is 15.6. The Bertz CT molecular complexity index is 1090. The van der Waals surface area contributed by atoms with E-state index in [4.69, 9.17) is 23.2 Å². The van der Waals surface area contributed by atoms with Crippen LogP contribution in [-0.4, -0.2) is 14.3 Å². The molecule has 1 amide bonds. The Morgan fingerprint density at radius 3 is 2.04 bits per heavy atom. The maximum absolute atomic E-state index is 13.0. The predicted octanol–water partition coefficient (Wildman–Crippen LogP) is 5.36. The highest BCUT2D eigenvalue weighted by molar-refractivity contribution is 7.90. The second-order valence-corrected chi connectivity index (χ2v) is 8.88. The lowest BCUT2D eigenvalue weighted by molar-refractivity contribution is 0.102. The second kappa shape index (κ2) is 8.31. The molecule has 8 heteroatoms. The predicted molar refractivity (Wildman–Crippen MR) is 108 cm³/mol. The third-order valence-corrected chi connectivity index (χ3v) is 6.01. The van der Waals surface area contributed by atoms with Crippen LogP contribution in [0.2, 0.25) is 10.0 Å². The molecule has 0 saturated carbocycles. The quantitative estimate of drug-likeness (QED) is 0.546. The standard InChI is InChI=1S/C20H14Cl2FNO3S/c21-15-9-14(10-16(22)11-15)20(25)24-18-5-1-13(2-6-18)12-28(26,27)19-7-3-17(23)4-8-19/h1-11H,12H2,(H,24,25). The van der Waals surface area contributed by atoms with Crippen molar-refractivity contribution < 1.29 is 17.6 Å². The van der Waals surface area contributed by atoms with E-state index in [0.717, 1.165) is 12.1 Å². The van der Waals surface area contributed by atoms with Crippen molar-refractivity contribution in [2.24, 2.45) is 0 Å². The Balaban J connectivity index is 1.71. The minimum absolute atomic E-state index is 0.0455. The molecule has 0 aromatic heterocycles. The van der Waals surface area contributed by atoms with Crippen molar-refractivity contribution >= 4 is 44.6 Å². The number of nitrogens with one attached hydrogen (secondary N) is 1. The SMILES string of the molecule is O=C(Nc1ccc(CS(=O)(=O)c2ccc(F)cc2)cc1)c1cc(Cl)cc(Cl)c1. The molecule has 0 bridgehead atoms. The van der Waals surface area contributed by atoms with Gasteiger partial charge >= 0.3 is 0 Å². The Morgan fingerprint density at radius 1 is 0.893 bits per heavy atom. The molecule has 3 rings (SSSR count). The van der Waals surface area contributed by atoms with E-state index in [0.29, 0.717) is 26.9 Å². The van der Waals surface area contributed by atoms with Gasteiger partial charge in [-0.2, -0.15) is 0 Å². The van der Waals surface area contributed by atoms with Crippen LogP contribution in [0.1, 0.15) is 15.9 Å². The van der Waals surface area contributed by atoms with Crippen molar-refractivity contribution in [2.45, 2.75) is 10.6 Å². The molecule has 0 aliphatic heterocycles. The highest BCUT2D eigenvalue weighted by Gasteiger charge is 2.15. The number of hydrogen-bond donors (Lipinski definition) is 1.